The molecule has 5 nitrogen and oxygen atoms in total. The number of esters is 1. The Balaban J connectivity index is 2.11. The lowest BCUT2D eigenvalue weighted by atomic mass is 10.1. The van der Waals surface area contributed by atoms with Gasteiger partial charge in [-0.05, 0) is 29.8 Å². The van der Waals surface area contributed by atoms with Gasteiger partial charge in [0.15, 0.2) is 0 Å². The van der Waals surface area contributed by atoms with Gasteiger partial charge in [0.2, 0.25) is 0 Å². The Morgan fingerprint density at radius 1 is 1.23 bits per heavy atom. The fraction of sp³-hybridized carbons (Fsp3) is 0.188. The van der Waals surface area contributed by atoms with E-state index < -0.39 is 17.9 Å². The maximum absolute atomic E-state index is 12.1. The van der Waals surface area contributed by atoms with Crippen LogP contribution in [0.5, 0.6) is 0 Å². The molecule has 0 fully saturated rings. The molecule has 0 unspecified atom stereocenters. The lowest BCUT2D eigenvalue weighted by Crippen LogP contribution is -2.43. The third-order valence-corrected chi connectivity index (χ3v) is 3.29. The van der Waals surface area contributed by atoms with E-state index in [-0.39, 0.29) is 5.69 Å². The molecule has 0 aliphatic heterocycles. The summed E-state index contributed by atoms with van der Waals surface area (Å²) in [6, 6.07) is 11.2. The summed E-state index contributed by atoms with van der Waals surface area (Å²) < 4.78 is 4.74. The Hall–Kier alpha value is -2.40. The van der Waals surface area contributed by atoms with Crippen molar-refractivity contribution in [2.45, 2.75) is 12.5 Å². The number of ether oxygens (including phenoxy) is 1. The van der Waals surface area contributed by atoms with Crippen molar-refractivity contribution >= 4 is 23.5 Å². The van der Waals surface area contributed by atoms with Crippen LogP contribution in [-0.2, 0) is 16.0 Å². The van der Waals surface area contributed by atoms with Crippen molar-refractivity contribution in [3.63, 3.8) is 0 Å². The molecule has 1 aromatic carbocycles. The molecular weight excluding hydrogens is 304 g/mol. The molecule has 22 heavy (non-hydrogen) atoms. The van der Waals surface area contributed by atoms with Crippen LogP contribution in [0.1, 0.15) is 16.1 Å². The molecular formula is C16H15ClN2O3. The molecule has 1 heterocycles. The Labute approximate surface area is 133 Å². The zero-order valence-corrected chi connectivity index (χ0v) is 12.7. The molecule has 114 valence electrons. The van der Waals surface area contributed by atoms with Gasteiger partial charge in [0.25, 0.3) is 5.91 Å². The van der Waals surface area contributed by atoms with Crippen LogP contribution in [0.3, 0.4) is 0 Å². The summed E-state index contributed by atoms with van der Waals surface area (Å²) in [6.07, 6.45) is 1.82. The van der Waals surface area contributed by atoms with Crippen LogP contribution >= 0.6 is 11.6 Å². The van der Waals surface area contributed by atoms with Gasteiger partial charge in [-0.2, -0.15) is 0 Å². The van der Waals surface area contributed by atoms with Gasteiger partial charge in [0.05, 0.1) is 7.11 Å². The predicted molar refractivity (Wildman–Crippen MR) is 82.7 cm³/mol. The number of halogens is 1. The van der Waals surface area contributed by atoms with Crippen molar-refractivity contribution in [1.82, 2.24) is 10.3 Å². The van der Waals surface area contributed by atoms with Crippen molar-refractivity contribution in [3.05, 3.63) is 64.9 Å². The molecule has 0 aliphatic rings. The van der Waals surface area contributed by atoms with E-state index in [9.17, 15) is 9.59 Å². The number of nitrogens with one attached hydrogen (secondary N) is 1. The van der Waals surface area contributed by atoms with Crippen molar-refractivity contribution in [2.75, 3.05) is 7.11 Å². The average Bonchev–Trinajstić information content (AvgIpc) is 2.56. The maximum Gasteiger partial charge on any atom is 0.328 e. The largest absolute Gasteiger partial charge is 0.467 e. The molecule has 1 aromatic heterocycles. The van der Waals surface area contributed by atoms with E-state index in [1.807, 2.05) is 0 Å². The van der Waals surface area contributed by atoms with E-state index in [2.05, 4.69) is 10.3 Å². The summed E-state index contributed by atoms with van der Waals surface area (Å²) in [7, 11) is 1.28. The summed E-state index contributed by atoms with van der Waals surface area (Å²) in [5.74, 6) is -0.941. The highest BCUT2D eigenvalue weighted by Gasteiger charge is 2.23. The minimum atomic E-state index is -0.791. The first-order chi connectivity index (χ1) is 10.6. The highest BCUT2D eigenvalue weighted by molar-refractivity contribution is 6.30. The SMILES string of the molecule is COC(=O)[C@H](Cc1ccc(Cl)cc1)NC(=O)c1ccccn1. The van der Waals surface area contributed by atoms with E-state index in [0.717, 1.165) is 5.56 Å². The number of nitrogens with zero attached hydrogens (tertiary/aromatic N) is 1. The van der Waals surface area contributed by atoms with Crippen LogP contribution in [0.15, 0.2) is 48.7 Å². The van der Waals surface area contributed by atoms with Crippen molar-refractivity contribution < 1.29 is 14.3 Å². The van der Waals surface area contributed by atoms with Crippen molar-refractivity contribution in [1.29, 1.82) is 0 Å². The number of carbonyl (C=O) groups excluding carboxylic acids is 2. The topological polar surface area (TPSA) is 68.3 Å². The van der Waals surface area contributed by atoms with Gasteiger partial charge in [-0.1, -0.05) is 29.8 Å². The van der Waals surface area contributed by atoms with Gasteiger partial charge in [0, 0.05) is 17.6 Å². The van der Waals surface area contributed by atoms with Crippen molar-refractivity contribution in [3.8, 4) is 0 Å². The second-order valence-electron chi connectivity index (χ2n) is 4.59. The molecule has 0 saturated carbocycles. The van der Waals surface area contributed by atoms with Crippen LogP contribution in [0, 0.1) is 0 Å². The van der Waals surface area contributed by atoms with E-state index >= 15 is 0 Å². The molecule has 0 spiro atoms. The fourth-order valence-corrected chi connectivity index (χ4v) is 2.05. The molecule has 0 radical (unpaired) electrons. The lowest BCUT2D eigenvalue weighted by molar-refractivity contribution is -0.142. The molecule has 2 rings (SSSR count). The third-order valence-electron chi connectivity index (χ3n) is 3.04. The van der Waals surface area contributed by atoms with E-state index in [1.165, 1.54) is 13.3 Å². The highest BCUT2D eigenvalue weighted by Crippen LogP contribution is 2.12. The summed E-state index contributed by atoms with van der Waals surface area (Å²) in [6.45, 7) is 0. The number of hydrogen-bond acceptors (Lipinski definition) is 4. The number of rotatable bonds is 5. The Morgan fingerprint density at radius 3 is 2.55 bits per heavy atom. The molecule has 6 heteroatoms. The summed E-state index contributed by atoms with van der Waals surface area (Å²) >= 11 is 5.83. The standard InChI is InChI=1S/C16H15ClN2O3/c1-22-16(21)14(10-11-5-7-12(17)8-6-11)19-15(20)13-4-2-3-9-18-13/h2-9,14H,10H2,1H3,(H,19,20)/t14-/m0/s1. The molecule has 1 N–H and O–H groups in total. The van der Waals surface area contributed by atoms with E-state index in [1.54, 1.807) is 42.5 Å². The minimum Gasteiger partial charge on any atom is -0.467 e. The first-order valence-electron chi connectivity index (χ1n) is 6.64. The van der Waals surface area contributed by atoms with Crippen LogP contribution in [0.4, 0.5) is 0 Å². The number of amides is 1. The number of aromatic nitrogens is 1. The number of hydrogen-bond donors (Lipinski definition) is 1. The molecule has 0 aliphatic carbocycles. The molecule has 1 amide bonds. The van der Waals surface area contributed by atoms with Crippen LogP contribution in [0.25, 0.3) is 0 Å². The van der Waals surface area contributed by atoms with Gasteiger partial charge in [-0.3, -0.25) is 9.78 Å². The number of methoxy groups -OCH3 is 1. The zero-order chi connectivity index (χ0) is 15.9. The quantitative estimate of drug-likeness (QED) is 0.859. The normalized spacial score (nSPS) is 11.5. The van der Waals surface area contributed by atoms with Gasteiger partial charge in [-0.15, -0.1) is 0 Å². The van der Waals surface area contributed by atoms with Crippen LogP contribution < -0.4 is 5.32 Å². The monoisotopic (exact) mass is 318 g/mol. The summed E-state index contributed by atoms with van der Waals surface area (Å²) in [5, 5.41) is 3.25. The second-order valence-corrected chi connectivity index (χ2v) is 5.03. The average molecular weight is 319 g/mol. The first-order valence-corrected chi connectivity index (χ1v) is 7.02. The van der Waals surface area contributed by atoms with Crippen LogP contribution in [0.2, 0.25) is 5.02 Å². The summed E-state index contributed by atoms with van der Waals surface area (Å²) in [4.78, 5) is 27.9. The molecule has 0 bridgehead atoms. The molecule has 1 atom stereocenters. The maximum atomic E-state index is 12.1. The molecule has 2 aromatic rings. The van der Waals surface area contributed by atoms with Crippen molar-refractivity contribution in [2.24, 2.45) is 0 Å². The number of pyridine rings is 1. The number of carbonyl (C=O) groups is 2. The Kier molecular flexibility index (Phi) is 5.49. The minimum absolute atomic E-state index is 0.243. The van der Waals surface area contributed by atoms with Gasteiger partial charge < -0.3 is 10.1 Å². The molecule has 0 saturated heterocycles. The van der Waals surface area contributed by atoms with E-state index in [4.69, 9.17) is 16.3 Å². The van der Waals surface area contributed by atoms with E-state index in [0.29, 0.717) is 11.4 Å². The highest BCUT2D eigenvalue weighted by atomic mass is 35.5. The second kappa shape index (κ2) is 7.56. The zero-order valence-electron chi connectivity index (χ0n) is 12.0. The van der Waals surface area contributed by atoms with Gasteiger partial charge in [0.1, 0.15) is 11.7 Å². The van der Waals surface area contributed by atoms with Gasteiger partial charge in [-0.25, -0.2) is 4.79 Å². The summed E-state index contributed by atoms with van der Waals surface area (Å²) in [5.41, 5.74) is 1.11. The fourth-order valence-electron chi connectivity index (χ4n) is 1.92. The first kappa shape index (κ1) is 16.0. The smallest absolute Gasteiger partial charge is 0.328 e. The third kappa shape index (κ3) is 4.30. The predicted octanol–water partition coefficient (Wildman–Crippen LogP) is 2.25. The lowest BCUT2D eigenvalue weighted by Gasteiger charge is -2.16. The number of benzene rings is 1. The van der Waals surface area contributed by atoms with Crippen LogP contribution in [-0.4, -0.2) is 30.0 Å². The Bertz CT molecular complexity index is 644. The van der Waals surface area contributed by atoms with Gasteiger partial charge >= 0.3 is 5.97 Å². The Morgan fingerprint density at radius 2 is 1.95 bits per heavy atom.